The SMILES string of the molecule is Cc1c(CSC(C)C)cccc1NC(=O)C1CCC(N)C1. The molecular weight excluding hydrogens is 280 g/mol. The predicted molar refractivity (Wildman–Crippen MR) is 91.6 cm³/mol. The van der Waals surface area contributed by atoms with Crippen LogP contribution in [0.1, 0.15) is 44.2 Å². The van der Waals surface area contributed by atoms with Crippen LogP contribution >= 0.6 is 11.8 Å². The van der Waals surface area contributed by atoms with Crippen molar-refractivity contribution < 1.29 is 4.79 Å². The molecule has 1 amide bonds. The number of nitrogens with two attached hydrogens (primary N) is 1. The number of benzene rings is 1. The zero-order valence-electron chi connectivity index (χ0n) is 13.2. The topological polar surface area (TPSA) is 55.1 Å². The monoisotopic (exact) mass is 306 g/mol. The Kier molecular flexibility index (Phi) is 5.71. The van der Waals surface area contributed by atoms with Crippen LogP contribution in [0.3, 0.4) is 0 Å². The fourth-order valence-corrected chi connectivity index (χ4v) is 3.55. The molecule has 0 aliphatic heterocycles. The Balaban J connectivity index is 2.02. The lowest BCUT2D eigenvalue weighted by atomic mass is 10.0. The van der Waals surface area contributed by atoms with Gasteiger partial charge in [0, 0.05) is 23.4 Å². The molecule has 2 atom stereocenters. The first-order valence-corrected chi connectivity index (χ1v) is 8.78. The molecule has 1 saturated carbocycles. The quantitative estimate of drug-likeness (QED) is 0.872. The lowest BCUT2D eigenvalue weighted by Crippen LogP contribution is -2.23. The summed E-state index contributed by atoms with van der Waals surface area (Å²) in [4.78, 5) is 12.3. The van der Waals surface area contributed by atoms with E-state index in [-0.39, 0.29) is 17.9 Å². The van der Waals surface area contributed by atoms with E-state index in [0.29, 0.717) is 5.25 Å². The lowest BCUT2D eigenvalue weighted by Gasteiger charge is -2.15. The van der Waals surface area contributed by atoms with Crippen LogP contribution in [-0.4, -0.2) is 17.2 Å². The normalized spacial score (nSPS) is 21.8. The minimum atomic E-state index is 0.0769. The Bertz CT molecular complexity index is 502. The largest absolute Gasteiger partial charge is 0.328 e. The molecule has 0 spiro atoms. The molecule has 0 aromatic heterocycles. The van der Waals surface area contributed by atoms with Crippen molar-refractivity contribution in [1.82, 2.24) is 0 Å². The summed E-state index contributed by atoms with van der Waals surface area (Å²) in [7, 11) is 0. The van der Waals surface area contributed by atoms with Crippen molar-refractivity contribution >= 4 is 23.4 Å². The number of hydrogen-bond acceptors (Lipinski definition) is 3. The van der Waals surface area contributed by atoms with Gasteiger partial charge in [-0.05, 0) is 48.6 Å². The van der Waals surface area contributed by atoms with Crippen LogP contribution in [0, 0.1) is 12.8 Å². The summed E-state index contributed by atoms with van der Waals surface area (Å²) in [6.45, 7) is 6.50. The lowest BCUT2D eigenvalue weighted by molar-refractivity contribution is -0.119. The van der Waals surface area contributed by atoms with Gasteiger partial charge >= 0.3 is 0 Å². The smallest absolute Gasteiger partial charge is 0.227 e. The van der Waals surface area contributed by atoms with Gasteiger partial charge in [0.05, 0.1) is 0 Å². The Morgan fingerprint density at radius 3 is 2.81 bits per heavy atom. The van der Waals surface area contributed by atoms with E-state index in [9.17, 15) is 4.79 Å². The maximum Gasteiger partial charge on any atom is 0.227 e. The van der Waals surface area contributed by atoms with Crippen molar-refractivity contribution in [2.45, 2.75) is 57.1 Å². The van der Waals surface area contributed by atoms with E-state index in [1.807, 2.05) is 23.9 Å². The van der Waals surface area contributed by atoms with E-state index >= 15 is 0 Å². The molecule has 3 N–H and O–H groups in total. The highest BCUT2D eigenvalue weighted by Gasteiger charge is 2.28. The second-order valence-corrected chi connectivity index (χ2v) is 7.77. The van der Waals surface area contributed by atoms with Gasteiger partial charge in [-0.15, -0.1) is 0 Å². The van der Waals surface area contributed by atoms with Crippen LogP contribution in [-0.2, 0) is 10.5 Å². The fraction of sp³-hybridized carbons (Fsp3) is 0.588. The van der Waals surface area contributed by atoms with Gasteiger partial charge in [-0.3, -0.25) is 4.79 Å². The van der Waals surface area contributed by atoms with Crippen molar-refractivity contribution in [3.8, 4) is 0 Å². The molecule has 1 aromatic carbocycles. The van der Waals surface area contributed by atoms with E-state index < -0.39 is 0 Å². The van der Waals surface area contributed by atoms with Crippen molar-refractivity contribution in [2.24, 2.45) is 11.7 Å². The third-order valence-corrected chi connectivity index (χ3v) is 5.26. The van der Waals surface area contributed by atoms with Crippen molar-refractivity contribution in [3.63, 3.8) is 0 Å². The maximum atomic E-state index is 12.3. The summed E-state index contributed by atoms with van der Waals surface area (Å²) >= 11 is 1.92. The van der Waals surface area contributed by atoms with E-state index in [4.69, 9.17) is 5.73 Å². The zero-order valence-corrected chi connectivity index (χ0v) is 14.0. The van der Waals surface area contributed by atoms with Crippen LogP contribution in [0.25, 0.3) is 0 Å². The molecule has 1 aliphatic carbocycles. The molecule has 0 saturated heterocycles. The zero-order chi connectivity index (χ0) is 15.4. The van der Waals surface area contributed by atoms with Gasteiger partial charge in [-0.25, -0.2) is 0 Å². The first kappa shape index (κ1) is 16.4. The molecule has 1 fully saturated rings. The highest BCUT2D eigenvalue weighted by molar-refractivity contribution is 7.99. The molecule has 0 bridgehead atoms. The molecule has 116 valence electrons. The Hall–Kier alpha value is -1.00. The van der Waals surface area contributed by atoms with Gasteiger partial charge in [-0.2, -0.15) is 11.8 Å². The second-order valence-electron chi connectivity index (χ2n) is 6.21. The number of carbonyl (C=O) groups excluding carboxylic acids is 1. The molecular formula is C17H26N2OS. The number of carbonyl (C=O) groups is 1. The van der Waals surface area contributed by atoms with Crippen molar-refractivity contribution in [2.75, 3.05) is 5.32 Å². The number of thioether (sulfide) groups is 1. The fourth-order valence-electron chi connectivity index (χ4n) is 2.72. The molecule has 21 heavy (non-hydrogen) atoms. The van der Waals surface area contributed by atoms with Gasteiger partial charge in [0.2, 0.25) is 5.91 Å². The summed E-state index contributed by atoms with van der Waals surface area (Å²) in [5.74, 6) is 1.19. The minimum Gasteiger partial charge on any atom is -0.328 e. The van der Waals surface area contributed by atoms with Crippen LogP contribution < -0.4 is 11.1 Å². The van der Waals surface area contributed by atoms with E-state index in [1.54, 1.807) is 0 Å². The first-order valence-electron chi connectivity index (χ1n) is 7.74. The van der Waals surface area contributed by atoms with Crippen LogP contribution in [0.2, 0.25) is 0 Å². The van der Waals surface area contributed by atoms with Crippen molar-refractivity contribution in [3.05, 3.63) is 29.3 Å². The van der Waals surface area contributed by atoms with Gasteiger partial charge in [0.15, 0.2) is 0 Å². The average molecular weight is 306 g/mol. The molecule has 0 heterocycles. The van der Waals surface area contributed by atoms with E-state index in [0.717, 1.165) is 30.7 Å². The summed E-state index contributed by atoms with van der Waals surface area (Å²) in [5, 5.41) is 3.71. The summed E-state index contributed by atoms with van der Waals surface area (Å²) in [6.07, 6.45) is 2.69. The molecule has 3 nitrogen and oxygen atoms in total. The standard InChI is InChI=1S/C17H26N2OS/c1-11(2)21-10-14-5-4-6-16(12(14)3)19-17(20)13-7-8-15(18)9-13/h4-6,11,13,15H,7-10,18H2,1-3H3,(H,19,20). The van der Waals surface area contributed by atoms with Crippen LogP contribution in [0.15, 0.2) is 18.2 Å². The Morgan fingerprint density at radius 1 is 1.43 bits per heavy atom. The summed E-state index contributed by atoms with van der Waals surface area (Å²) in [6, 6.07) is 6.35. The second kappa shape index (κ2) is 7.32. The summed E-state index contributed by atoms with van der Waals surface area (Å²) in [5.41, 5.74) is 9.32. The molecule has 2 rings (SSSR count). The summed E-state index contributed by atoms with van der Waals surface area (Å²) < 4.78 is 0. The van der Waals surface area contributed by atoms with Crippen LogP contribution in [0.5, 0.6) is 0 Å². The Morgan fingerprint density at radius 2 is 2.19 bits per heavy atom. The predicted octanol–water partition coefficient (Wildman–Crippen LogP) is 3.70. The molecule has 2 unspecified atom stereocenters. The van der Waals surface area contributed by atoms with Crippen molar-refractivity contribution in [1.29, 1.82) is 0 Å². The number of nitrogens with one attached hydrogen (secondary N) is 1. The minimum absolute atomic E-state index is 0.0769. The first-order chi connectivity index (χ1) is 9.97. The molecule has 0 radical (unpaired) electrons. The Labute approximate surface area is 132 Å². The number of hydrogen-bond donors (Lipinski definition) is 2. The number of amides is 1. The van der Waals surface area contributed by atoms with E-state index in [2.05, 4.69) is 32.2 Å². The van der Waals surface area contributed by atoms with Gasteiger partial charge in [-0.1, -0.05) is 26.0 Å². The molecule has 1 aromatic rings. The third kappa shape index (κ3) is 4.48. The molecule has 4 heteroatoms. The highest BCUT2D eigenvalue weighted by atomic mass is 32.2. The van der Waals surface area contributed by atoms with Gasteiger partial charge < -0.3 is 11.1 Å². The number of anilines is 1. The number of rotatable bonds is 5. The van der Waals surface area contributed by atoms with Crippen LogP contribution in [0.4, 0.5) is 5.69 Å². The van der Waals surface area contributed by atoms with Gasteiger partial charge in [0.25, 0.3) is 0 Å². The third-order valence-electron chi connectivity index (χ3n) is 4.12. The maximum absolute atomic E-state index is 12.3. The average Bonchev–Trinajstić information content (AvgIpc) is 2.86. The van der Waals surface area contributed by atoms with Gasteiger partial charge in [0.1, 0.15) is 0 Å². The highest BCUT2D eigenvalue weighted by Crippen LogP contribution is 2.28. The van der Waals surface area contributed by atoms with E-state index in [1.165, 1.54) is 11.1 Å². The molecule has 1 aliphatic rings.